The molecule has 1 aliphatic rings. The van der Waals surface area contributed by atoms with E-state index in [0.717, 1.165) is 29.1 Å². The van der Waals surface area contributed by atoms with Crippen molar-refractivity contribution in [3.8, 4) is 0 Å². The highest BCUT2D eigenvalue weighted by Gasteiger charge is 2.17. The molecule has 98 valence electrons. The molecule has 0 saturated heterocycles. The van der Waals surface area contributed by atoms with Gasteiger partial charge in [-0.3, -0.25) is 4.99 Å². The Balaban J connectivity index is 2.18. The standard InChI is InChI=1S/C15H17N3S/c1-3-12-11-6-9(2)19-15(11)18-13-5-4-10(8-16)7-14(13)17-12/h4-7,18H,3,8,16H2,1-2H3. The van der Waals surface area contributed by atoms with E-state index in [1.807, 2.05) is 0 Å². The Bertz CT molecular complexity index is 655. The highest BCUT2D eigenvalue weighted by molar-refractivity contribution is 7.16. The molecule has 2 heterocycles. The number of nitrogens with two attached hydrogens (primary N) is 1. The van der Waals surface area contributed by atoms with Gasteiger partial charge in [-0.2, -0.15) is 0 Å². The first-order valence-corrected chi connectivity index (χ1v) is 7.31. The molecular weight excluding hydrogens is 254 g/mol. The van der Waals surface area contributed by atoms with Crippen LogP contribution < -0.4 is 11.1 Å². The summed E-state index contributed by atoms with van der Waals surface area (Å²) in [5, 5.41) is 4.69. The molecule has 2 aromatic rings. The van der Waals surface area contributed by atoms with E-state index in [4.69, 9.17) is 10.7 Å². The van der Waals surface area contributed by atoms with Crippen LogP contribution in [0.2, 0.25) is 0 Å². The van der Waals surface area contributed by atoms with Gasteiger partial charge >= 0.3 is 0 Å². The molecule has 0 amide bonds. The molecule has 4 heteroatoms. The van der Waals surface area contributed by atoms with E-state index in [0.29, 0.717) is 6.54 Å². The van der Waals surface area contributed by atoms with Crippen LogP contribution in [0.15, 0.2) is 29.3 Å². The summed E-state index contributed by atoms with van der Waals surface area (Å²) in [6.45, 7) is 4.82. The molecule has 3 nitrogen and oxygen atoms in total. The number of nitrogens with zero attached hydrogens (tertiary/aromatic N) is 1. The van der Waals surface area contributed by atoms with Crippen LogP contribution >= 0.6 is 11.3 Å². The number of aliphatic imine (C=N–C) groups is 1. The fourth-order valence-electron chi connectivity index (χ4n) is 2.32. The topological polar surface area (TPSA) is 50.4 Å². The van der Waals surface area contributed by atoms with Crippen LogP contribution in [0.25, 0.3) is 0 Å². The molecular formula is C15H17N3S. The van der Waals surface area contributed by atoms with E-state index in [9.17, 15) is 0 Å². The summed E-state index contributed by atoms with van der Waals surface area (Å²) in [6, 6.07) is 8.41. The van der Waals surface area contributed by atoms with Gasteiger partial charge in [0, 0.05) is 17.0 Å². The molecule has 3 N–H and O–H groups in total. The van der Waals surface area contributed by atoms with Crippen molar-refractivity contribution >= 4 is 33.4 Å². The van der Waals surface area contributed by atoms with Crippen LogP contribution in [0.3, 0.4) is 0 Å². The Morgan fingerprint density at radius 2 is 2.16 bits per heavy atom. The second-order valence-electron chi connectivity index (χ2n) is 4.69. The van der Waals surface area contributed by atoms with Crippen LogP contribution in [-0.2, 0) is 6.54 Å². The van der Waals surface area contributed by atoms with Gasteiger partial charge in [0.1, 0.15) is 5.00 Å². The van der Waals surface area contributed by atoms with E-state index < -0.39 is 0 Å². The van der Waals surface area contributed by atoms with Gasteiger partial charge in [-0.1, -0.05) is 13.0 Å². The maximum Gasteiger partial charge on any atom is 0.102 e. The predicted molar refractivity (Wildman–Crippen MR) is 83.2 cm³/mol. The number of anilines is 2. The lowest BCUT2D eigenvalue weighted by Crippen LogP contribution is -1.97. The van der Waals surface area contributed by atoms with Gasteiger partial charge in [-0.05, 0) is 37.1 Å². The molecule has 0 fully saturated rings. The van der Waals surface area contributed by atoms with E-state index in [1.165, 1.54) is 15.4 Å². The number of fused-ring (bicyclic) bond motifs is 2. The zero-order chi connectivity index (χ0) is 13.4. The lowest BCUT2D eigenvalue weighted by Gasteiger charge is -2.07. The van der Waals surface area contributed by atoms with Crippen LogP contribution in [0.5, 0.6) is 0 Å². The normalized spacial score (nSPS) is 13.1. The second kappa shape index (κ2) is 4.79. The Labute approximate surface area is 117 Å². The van der Waals surface area contributed by atoms with E-state index in [1.54, 1.807) is 11.3 Å². The highest BCUT2D eigenvalue weighted by Crippen LogP contribution is 2.39. The summed E-state index contributed by atoms with van der Waals surface area (Å²) in [5.41, 5.74) is 11.2. The average Bonchev–Trinajstić information content (AvgIpc) is 2.71. The monoisotopic (exact) mass is 271 g/mol. The fourth-order valence-corrected chi connectivity index (χ4v) is 3.27. The molecule has 1 aliphatic heterocycles. The number of rotatable bonds is 2. The maximum atomic E-state index is 5.71. The van der Waals surface area contributed by atoms with Crippen molar-refractivity contribution in [2.45, 2.75) is 26.8 Å². The molecule has 0 spiro atoms. The molecule has 0 aliphatic carbocycles. The number of nitrogens with one attached hydrogen (secondary N) is 1. The summed E-state index contributed by atoms with van der Waals surface area (Å²) in [7, 11) is 0. The molecule has 1 aromatic heterocycles. The summed E-state index contributed by atoms with van der Waals surface area (Å²) in [6.07, 6.45) is 0.928. The van der Waals surface area contributed by atoms with Gasteiger partial charge in [0.2, 0.25) is 0 Å². The van der Waals surface area contributed by atoms with Crippen LogP contribution in [0.1, 0.15) is 29.3 Å². The largest absolute Gasteiger partial charge is 0.345 e. The van der Waals surface area contributed by atoms with Crippen LogP contribution in [0, 0.1) is 6.92 Å². The lowest BCUT2D eigenvalue weighted by molar-refractivity contribution is 1.07. The van der Waals surface area contributed by atoms with E-state index >= 15 is 0 Å². The smallest absolute Gasteiger partial charge is 0.102 e. The minimum absolute atomic E-state index is 0.547. The predicted octanol–water partition coefficient (Wildman–Crippen LogP) is 4.10. The lowest BCUT2D eigenvalue weighted by atomic mass is 10.1. The van der Waals surface area contributed by atoms with Crippen molar-refractivity contribution < 1.29 is 0 Å². The molecule has 0 saturated carbocycles. The molecule has 1 aromatic carbocycles. The number of thiophene rings is 1. The third-order valence-corrected chi connectivity index (χ3v) is 4.27. The quantitative estimate of drug-likeness (QED) is 0.863. The second-order valence-corrected chi connectivity index (χ2v) is 5.95. The van der Waals surface area contributed by atoms with Crippen molar-refractivity contribution in [2.75, 3.05) is 5.32 Å². The number of hydrogen-bond acceptors (Lipinski definition) is 4. The van der Waals surface area contributed by atoms with Gasteiger partial charge in [0.15, 0.2) is 0 Å². The Kier molecular flexibility index (Phi) is 3.12. The Hall–Kier alpha value is -1.65. The summed E-state index contributed by atoms with van der Waals surface area (Å²) < 4.78 is 0. The zero-order valence-electron chi connectivity index (χ0n) is 11.2. The summed E-state index contributed by atoms with van der Waals surface area (Å²) in [4.78, 5) is 6.13. The van der Waals surface area contributed by atoms with Gasteiger partial charge in [0.25, 0.3) is 0 Å². The number of aryl methyl sites for hydroxylation is 1. The molecule has 19 heavy (non-hydrogen) atoms. The molecule has 0 radical (unpaired) electrons. The number of hydrogen-bond donors (Lipinski definition) is 2. The van der Waals surface area contributed by atoms with Crippen molar-refractivity contribution in [3.63, 3.8) is 0 Å². The van der Waals surface area contributed by atoms with Gasteiger partial charge < -0.3 is 11.1 Å². The third kappa shape index (κ3) is 2.17. The first-order chi connectivity index (χ1) is 9.21. The highest BCUT2D eigenvalue weighted by atomic mass is 32.1. The van der Waals surface area contributed by atoms with Crippen molar-refractivity contribution in [1.29, 1.82) is 0 Å². The van der Waals surface area contributed by atoms with Crippen LogP contribution in [-0.4, -0.2) is 5.71 Å². The first kappa shape index (κ1) is 12.4. The SMILES string of the molecule is CCC1=Nc2cc(CN)ccc2Nc2sc(C)cc21. The minimum Gasteiger partial charge on any atom is -0.345 e. The van der Waals surface area contributed by atoms with Gasteiger partial charge in [-0.15, -0.1) is 11.3 Å². The van der Waals surface area contributed by atoms with E-state index in [2.05, 4.69) is 43.4 Å². The van der Waals surface area contributed by atoms with E-state index in [-0.39, 0.29) is 0 Å². The zero-order valence-corrected chi connectivity index (χ0v) is 12.0. The average molecular weight is 271 g/mol. The van der Waals surface area contributed by atoms with Gasteiger partial charge in [-0.25, -0.2) is 0 Å². The fraction of sp³-hybridized carbons (Fsp3) is 0.267. The summed E-state index contributed by atoms with van der Waals surface area (Å²) >= 11 is 1.78. The summed E-state index contributed by atoms with van der Waals surface area (Å²) in [5.74, 6) is 0. The first-order valence-electron chi connectivity index (χ1n) is 6.49. The molecule has 0 bridgehead atoms. The minimum atomic E-state index is 0.547. The van der Waals surface area contributed by atoms with Gasteiger partial charge in [0.05, 0.1) is 17.1 Å². The maximum absolute atomic E-state index is 5.71. The molecule has 0 unspecified atom stereocenters. The third-order valence-electron chi connectivity index (χ3n) is 3.30. The Morgan fingerprint density at radius 3 is 2.89 bits per heavy atom. The van der Waals surface area contributed by atoms with Crippen LogP contribution in [0.4, 0.5) is 16.4 Å². The van der Waals surface area contributed by atoms with Crippen molar-refractivity contribution in [1.82, 2.24) is 0 Å². The molecule has 3 rings (SSSR count). The van der Waals surface area contributed by atoms with Crippen molar-refractivity contribution in [3.05, 3.63) is 40.3 Å². The number of benzene rings is 1. The Morgan fingerprint density at radius 1 is 1.32 bits per heavy atom. The molecule has 0 atom stereocenters. The van der Waals surface area contributed by atoms with Crippen molar-refractivity contribution in [2.24, 2.45) is 10.7 Å².